The molecule has 0 bridgehead atoms. The van der Waals surface area contributed by atoms with Crippen molar-refractivity contribution in [1.29, 1.82) is 0 Å². The Bertz CT molecular complexity index is 396. The number of nitrogens with zero attached hydrogens (tertiary/aromatic N) is 2. The predicted molar refractivity (Wildman–Crippen MR) is 76.7 cm³/mol. The summed E-state index contributed by atoms with van der Waals surface area (Å²) in [5.74, 6) is 1.09. The Kier molecular flexibility index (Phi) is 3.91. The molecule has 0 spiro atoms. The smallest absolute Gasteiger partial charge is 0.128 e. The fourth-order valence-corrected chi connectivity index (χ4v) is 2.85. The first-order valence-electron chi connectivity index (χ1n) is 7.07. The maximum absolute atomic E-state index is 5.94. The van der Waals surface area contributed by atoms with E-state index in [2.05, 4.69) is 29.8 Å². The van der Waals surface area contributed by atoms with Gasteiger partial charge in [-0.1, -0.05) is 13.8 Å². The Morgan fingerprint density at radius 1 is 1.44 bits per heavy atom. The number of rotatable bonds is 4. The fraction of sp³-hybridized carbons (Fsp3) is 0.667. The third-order valence-electron chi connectivity index (χ3n) is 4.56. The van der Waals surface area contributed by atoms with E-state index in [1.54, 1.807) is 0 Å². The summed E-state index contributed by atoms with van der Waals surface area (Å²) in [6.45, 7) is 8.88. The molecular formula is C15H25N3. The summed E-state index contributed by atoms with van der Waals surface area (Å²) in [5, 5.41) is 0. The van der Waals surface area contributed by atoms with Gasteiger partial charge in [-0.2, -0.15) is 0 Å². The largest absolute Gasteiger partial charge is 0.356 e. The van der Waals surface area contributed by atoms with E-state index in [9.17, 15) is 0 Å². The lowest BCUT2D eigenvalue weighted by Crippen LogP contribution is -2.26. The Balaban J connectivity index is 2.16. The quantitative estimate of drug-likeness (QED) is 0.889. The Labute approximate surface area is 110 Å². The number of anilines is 1. The van der Waals surface area contributed by atoms with Crippen LogP contribution in [0.2, 0.25) is 0 Å². The fourth-order valence-electron chi connectivity index (χ4n) is 2.85. The molecule has 0 radical (unpaired) electrons. The van der Waals surface area contributed by atoms with Crippen LogP contribution in [-0.2, 0) is 0 Å². The lowest BCUT2D eigenvalue weighted by atomic mass is 9.82. The van der Waals surface area contributed by atoms with E-state index in [1.165, 1.54) is 24.8 Å². The molecule has 1 aromatic heterocycles. The van der Waals surface area contributed by atoms with Gasteiger partial charge < -0.3 is 10.6 Å². The van der Waals surface area contributed by atoms with E-state index in [-0.39, 0.29) is 6.04 Å². The zero-order valence-electron chi connectivity index (χ0n) is 11.8. The molecular weight excluding hydrogens is 222 g/mol. The van der Waals surface area contributed by atoms with Crippen LogP contribution < -0.4 is 10.6 Å². The van der Waals surface area contributed by atoms with Crippen molar-refractivity contribution < 1.29 is 0 Å². The molecule has 1 aliphatic rings. The van der Waals surface area contributed by atoms with Crippen molar-refractivity contribution in [2.24, 2.45) is 11.1 Å². The van der Waals surface area contributed by atoms with Gasteiger partial charge in [0.25, 0.3) is 0 Å². The highest BCUT2D eigenvalue weighted by Crippen LogP contribution is 2.38. The summed E-state index contributed by atoms with van der Waals surface area (Å²) in [4.78, 5) is 6.92. The zero-order valence-corrected chi connectivity index (χ0v) is 11.8. The summed E-state index contributed by atoms with van der Waals surface area (Å²) in [6, 6.07) is 4.24. The molecule has 2 rings (SSSR count). The summed E-state index contributed by atoms with van der Waals surface area (Å²) < 4.78 is 0. The van der Waals surface area contributed by atoms with Gasteiger partial charge in [0, 0.05) is 25.3 Å². The second-order valence-corrected chi connectivity index (χ2v) is 5.61. The van der Waals surface area contributed by atoms with Gasteiger partial charge in [0.05, 0.1) is 0 Å². The van der Waals surface area contributed by atoms with Crippen LogP contribution >= 0.6 is 0 Å². The van der Waals surface area contributed by atoms with Crippen LogP contribution in [-0.4, -0.2) is 18.1 Å². The molecule has 18 heavy (non-hydrogen) atoms. The predicted octanol–water partition coefficient (Wildman–Crippen LogP) is 3.12. The van der Waals surface area contributed by atoms with Gasteiger partial charge in [0.1, 0.15) is 5.82 Å². The Hall–Kier alpha value is -1.09. The Morgan fingerprint density at radius 3 is 2.72 bits per heavy atom. The lowest BCUT2D eigenvalue weighted by molar-refractivity contribution is 0.301. The molecule has 3 nitrogen and oxygen atoms in total. The molecule has 0 aliphatic carbocycles. The van der Waals surface area contributed by atoms with Crippen LogP contribution in [0.5, 0.6) is 0 Å². The highest BCUT2D eigenvalue weighted by Gasteiger charge is 2.35. The van der Waals surface area contributed by atoms with E-state index in [0.29, 0.717) is 5.41 Å². The molecule has 1 aliphatic heterocycles. The summed E-state index contributed by atoms with van der Waals surface area (Å²) in [5.41, 5.74) is 7.60. The second kappa shape index (κ2) is 5.27. The minimum absolute atomic E-state index is 0.0801. The first kappa shape index (κ1) is 13.3. The minimum Gasteiger partial charge on any atom is -0.356 e. The van der Waals surface area contributed by atoms with Gasteiger partial charge in [-0.15, -0.1) is 0 Å². The maximum Gasteiger partial charge on any atom is 0.128 e. The highest BCUT2D eigenvalue weighted by molar-refractivity contribution is 5.43. The molecule has 1 aromatic rings. The first-order valence-corrected chi connectivity index (χ1v) is 7.07. The van der Waals surface area contributed by atoms with Crippen molar-refractivity contribution in [2.45, 2.75) is 46.1 Å². The van der Waals surface area contributed by atoms with Gasteiger partial charge in [-0.25, -0.2) is 4.98 Å². The van der Waals surface area contributed by atoms with Crippen LogP contribution in [0.15, 0.2) is 18.3 Å². The van der Waals surface area contributed by atoms with E-state index in [1.807, 2.05) is 19.2 Å². The first-order chi connectivity index (χ1) is 8.60. The van der Waals surface area contributed by atoms with Crippen LogP contribution in [0.4, 0.5) is 5.82 Å². The third kappa shape index (κ3) is 2.51. The van der Waals surface area contributed by atoms with Crippen molar-refractivity contribution in [1.82, 2.24) is 4.98 Å². The van der Waals surface area contributed by atoms with E-state index >= 15 is 0 Å². The number of aromatic nitrogens is 1. The zero-order chi connectivity index (χ0) is 13.2. The van der Waals surface area contributed by atoms with Crippen LogP contribution in [0.1, 0.15) is 51.6 Å². The molecule has 1 saturated heterocycles. The average Bonchev–Trinajstić information content (AvgIpc) is 2.84. The van der Waals surface area contributed by atoms with Gasteiger partial charge in [0.2, 0.25) is 0 Å². The second-order valence-electron chi connectivity index (χ2n) is 5.61. The Morgan fingerprint density at radius 2 is 2.17 bits per heavy atom. The SMILES string of the molecule is CCC1(CC)CCN(c2cc(C(C)N)ccn2)C1. The molecule has 0 amide bonds. The lowest BCUT2D eigenvalue weighted by Gasteiger charge is -2.27. The standard InChI is InChI=1S/C15H25N3/c1-4-15(5-2)7-9-18(11-15)14-10-13(12(3)16)6-8-17-14/h6,8,10,12H,4-5,7,9,11,16H2,1-3H3. The van der Waals surface area contributed by atoms with E-state index in [4.69, 9.17) is 5.73 Å². The molecule has 3 heteroatoms. The van der Waals surface area contributed by atoms with E-state index in [0.717, 1.165) is 18.9 Å². The monoisotopic (exact) mass is 247 g/mol. The summed E-state index contributed by atoms with van der Waals surface area (Å²) in [7, 11) is 0. The maximum atomic E-state index is 5.94. The minimum atomic E-state index is 0.0801. The molecule has 2 heterocycles. The van der Waals surface area contributed by atoms with Crippen molar-refractivity contribution in [3.63, 3.8) is 0 Å². The van der Waals surface area contributed by atoms with Gasteiger partial charge in [0.15, 0.2) is 0 Å². The van der Waals surface area contributed by atoms with Crippen molar-refractivity contribution in [3.05, 3.63) is 23.9 Å². The van der Waals surface area contributed by atoms with Crippen LogP contribution in [0.3, 0.4) is 0 Å². The molecule has 2 N–H and O–H groups in total. The molecule has 1 fully saturated rings. The van der Waals surface area contributed by atoms with Crippen molar-refractivity contribution >= 4 is 5.82 Å². The van der Waals surface area contributed by atoms with Crippen LogP contribution in [0.25, 0.3) is 0 Å². The van der Waals surface area contributed by atoms with Crippen molar-refractivity contribution in [2.75, 3.05) is 18.0 Å². The van der Waals surface area contributed by atoms with E-state index < -0.39 is 0 Å². The number of hydrogen-bond acceptors (Lipinski definition) is 3. The average molecular weight is 247 g/mol. The third-order valence-corrected chi connectivity index (χ3v) is 4.56. The van der Waals surface area contributed by atoms with Gasteiger partial charge in [-0.3, -0.25) is 0 Å². The van der Waals surface area contributed by atoms with Crippen LogP contribution in [0, 0.1) is 5.41 Å². The van der Waals surface area contributed by atoms with Crippen molar-refractivity contribution in [3.8, 4) is 0 Å². The number of hydrogen-bond donors (Lipinski definition) is 1. The summed E-state index contributed by atoms with van der Waals surface area (Å²) in [6.07, 6.45) is 5.68. The number of nitrogens with two attached hydrogens (primary N) is 1. The molecule has 0 aromatic carbocycles. The molecule has 1 unspecified atom stereocenters. The van der Waals surface area contributed by atoms with Gasteiger partial charge >= 0.3 is 0 Å². The number of pyridine rings is 1. The normalized spacial score (nSPS) is 20.1. The molecule has 100 valence electrons. The molecule has 0 saturated carbocycles. The molecule has 1 atom stereocenters. The van der Waals surface area contributed by atoms with Gasteiger partial charge in [-0.05, 0) is 49.3 Å². The highest BCUT2D eigenvalue weighted by atomic mass is 15.2. The summed E-state index contributed by atoms with van der Waals surface area (Å²) >= 11 is 0. The topological polar surface area (TPSA) is 42.1 Å².